The molecule has 8 amide bonds. The normalized spacial score (nSPS) is 26.3. The van der Waals surface area contributed by atoms with Crippen LogP contribution in [0.3, 0.4) is 0 Å². The van der Waals surface area contributed by atoms with Crippen molar-refractivity contribution in [2.45, 2.75) is 181 Å². The molecule has 0 unspecified atom stereocenters. The number of esters is 1. The summed E-state index contributed by atoms with van der Waals surface area (Å²) in [5, 5.41) is 30.6. The Kier molecular flexibility index (Phi) is 24.3. The van der Waals surface area contributed by atoms with Gasteiger partial charge in [0, 0.05) is 60.1 Å². The predicted molar refractivity (Wildman–Crippen MR) is 303 cm³/mol. The van der Waals surface area contributed by atoms with E-state index in [4.69, 9.17) is 4.74 Å². The number of cyclic esters (lactones) is 1. The topological polar surface area (TPSA) is 256 Å². The lowest BCUT2D eigenvalue weighted by Crippen LogP contribution is -2.63. The van der Waals surface area contributed by atoms with E-state index in [2.05, 4.69) is 16.0 Å². The SMILES string of the molecule is CC[C@H](C)[C@@H]1NC(=O)[C@@H]2CCCN2C(=O)[C@@H](Cc2ccccc2)N(C)C(=O)[C@@H](Cc2ccccc2)NC(=O)[C@H](C(C)C)N(C)C(=O)[C@@H]([C@@H](C)CCO)OC(=O)[C@@H](C(C)(C)O)N(C)C(=O)[C@H](CC(C)C)NC(=O)[C@@H](C(C)C)N(C)C1=O. The maximum Gasteiger partial charge on any atom is 0.332 e. The third-order valence-electron chi connectivity index (χ3n) is 15.8. The van der Waals surface area contributed by atoms with Gasteiger partial charge in [-0.3, -0.25) is 38.4 Å². The largest absolute Gasteiger partial charge is 0.450 e. The molecular weight excluding hydrogens is 1020 g/mol. The second-order valence-corrected chi connectivity index (χ2v) is 23.8. The number of fused-ring (bicyclic) bond motifs is 1. The van der Waals surface area contributed by atoms with E-state index in [1.54, 1.807) is 84.0 Å². The Morgan fingerprint density at radius 2 is 1.11 bits per heavy atom. The monoisotopic (exact) mass is 1120 g/mol. The molecule has 0 spiro atoms. The first-order valence-electron chi connectivity index (χ1n) is 28.4. The van der Waals surface area contributed by atoms with Crippen molar-refractivity contribution in [3.8, 4) is 0 Å². The summed E-state index contributed by atoms with van der Waals surface area (Å²) in [7, 11) is 5.55. The quantitative estimate of drug-likeness (QED) is 0.171. The van der Waals surface area contributed by atoms with Gasteiger partial charge in [-0.05, 0) is 74.3 Å². The molecule has 444 valence electrons. The van der Waals surface area contributed by atoms with Crippen LogP contribution in [-0.4, -0.2) is 189 Å². The molecule has 11 atom stereocenters. The van der Waals surface area contributed by atoms with E-state index >= 15 is 9.59 Å². The highest BCUT2D eigenvalue weighted by atomic mass is 16.6. The highest BCUT2D eigenvalue weighted by Crippen LogP contribution is 2.27. The number of aliphatic hydroxyl groups excluding tert-OH is 1. The predicted octanol–water partition coefficient (Wildman–Crippen LogP) is 3.34. The van der Waals surface area contributed by atoms with Crippen LogP contribution < -0.4 is 16.0 Å². The third-order valence-corrected chi connectivity index (χ3v) is 15.8. The van der Waals surface area contributed by atoms with Gasteiger partial charge < -0.3 is 55.4 Å². The van der Waals surface area contributed by atoms with Crippen LogP contribution in [-0.2, 0) is 60.7 Å². The van der Waals surface area contributed by atoms with Gasteiger partial charge in [0.15, 0.2) is 12.1 Å². The van der Waals surface area contributed by atoms with Crippen molar-refractivity contribution in [2.24, 2.45) is 29.6 Å². The molecule has 2 fully saturated rings. The average molecular weight is 1120 g/mol. The van der Waals surface area contributed by atoms with Crippen LogP contribution in [0.5, 0.6) is 0 Å². The molecule has 2 aromatic rings. The molecule has 2 heterocycles. The van der Waals surface area contributed by atoms with Crippen LogP contribution in [0.4, 0.5) is 0 Å². The Bertz CT molecular complexity index is 2450. The summed E-state index contributed by atoms with van der Waals surface area (Å²) >= 11 is 0. The molecule has 2 aliphatic rings. The van der Waals surface area contributed by atoms with Crippen molar-refractivity contribution in [1.29, 1.82) is 0 Å². The van der Waals surface area contributed by atoms with Crippen molar-refractivity contribution >= 4 is 53.2 Å². The number of nitrogens with zero attached hydrogens (tertiary/aromatic N) is 5. The van der Waals surface area contributed by atoms with Crippen LogP contribution >= 0.6 is 0 Å². The molecule has 5 N–H and O–H groups in total. The number of ether oxygens (including phenoxy) is 1. The summed E-state index contributed by atoms with van der Waals surface area (Å²) in [6.07, 6.45) is -0.536. The zero-order valence-electron chi connectivity index (χ0n) is 49.9. The van der Waals surface area contributed by atoms with Crippen LogP contribution in [0.15, 0.2) is 60.7 Å². The summed E-state index contributed by atoms with van der Waals surface area (Å²) in [4.78, 5) is 140. The van der Waals surface area contributed by atoms with Crippen molar-refractivity contribution in [3.63, 3.8) is 0 Å². The van der Waals surface area contributed by atoms with Gasteiger partial charge in [0.05, 0.1) is 5.60 Å². The van der Waals surface area contributed by atoms with E-state index in [-0.39, 0.29) is 44.6 Å². The highest BCUT2D eigenvalue weighted by Gasteiger charge is 2.48. The molecule has 2 aliphatic heterocycles. The first-order chi connectivity index (χ1) is 37.5. The van der Waals surface area contributed by atoms with Crippen LogP contribution in [0, 0.1) is 29.6 Å². The van der Waals surface area contributed by atoms with Gasteiger partial charge in [0.1, 0.15) is 42.3 Å². The number of aliphatic hydroxyl groups is 2. The second kappa shape index (κ2) is 29.3. The highest BCUT2D eigenvalue weighted by molar-refractivity contribution is 5.99. The molecule has 20 nitrogen and oxygen atoms in total. The van der Waals surface area contributed by atoms with Gasteiger partial charge in [-0.25, -0.2) is 4.79 Å². The maximum atomic E-state index is 15.3. The fourth-order valence-corrected chi connectivity index (χ4v) is 11.1. The fourth-order valence-electron chi connectivity index (χ4n) is 11.1. The summed E-state index contributed by atoms with van der Waals surface area (Å²) in [5.41, 5.74) is -0.639. The zero-order chi connectivity index (χ0) is 60.1. The number of likely N-dealkylation sites (N-methyl/N-ethyl adjacent to an activating group) is 4. The van der Waals surface area contributed by atoms with Crippen molar-refractivity contribution in [2.75, 3.05) is 41.3 Å². The third kappa shape index (κ3) is 16.6. The number of carbonyl (C=O) groups excluding carboxylic acids is 9. The van der Waals surface area contributed by atoms with Crippen molar-refractivity contribution < 1.29 is 58.1 Å². The molecule has 0 bridgehead atoms. The minimum absolute atomic E-state index is 0.0297. The first-order valence-corrected chi connectivity index (χ1v) is 28.4. The zero-order valence-corrected chi connectivity index (χ0v) is 49.9. The number of amides is 8. The van der Waals surface area contributed by atoms with Gasteiger partial charge >= 0.3 is 5.97 Å². The van der Waals surface area contributed by atoms with E-state index in [9.17, 15) is 43.8 Å². The Balaban J connectivity index is 1.99. The van der Waals surface area contributed by atoms with Gasteiger partial charge in [-0.1, -0.05) is 129 Å². The second-order valence-electron chi connectivity index (χ2n) is 23.8. The molecule has 4 rings (SSSR count). The lowest BCUT2D eigenvalue weighted by atomic mass is 9.93. The van der Waals surface area contributed by atoms with E-state index in [1.807, 2.05) is 39.0 Å². The Morgan fingerprint density at radius 3 is 1.60 bits per heavy atom. The standard InChI is InChI=1S/C60H92N8O12/c1-16-38(8)46-57(76)65(13)47(36(4)5)52(71)61-42(32-35(2)3)55(74)67(15)50(60(10,11)79)59(78)80-49(39(9)29-31-69)58(77)66(14)48(37(6)7)53(72)62-43(33-40-24-19-17-20-25-40)54(73)64(12)45(34-41-26-21-18-22-27-41)56(75)68-30-23-28-44(68)51(70)63-46/h17-22,24-27,35-39,42-50,69,79H,16,23,28-34H2,1-15H3,(H,61,71)(H,62,72)(H,63,70)/t38-,39-,42-,43+,44-,45+,46-,47+,48-,49+,50-/m0/s1. The molecular formula is C60H92N8O12. The van der Waals surface area contributed by atoms with Crippen LogP contribution in [0.2, 0.25) is 0 Å². The average Bonchev–Trinajstić information content (AvgIpc) is 3.90. The van der Waals surface area contributed by atoms with Crippen LogP contribution in [0.25, 0.3) is 0 Å². The number of carbonyl (C=O) groups is 9. The lowest BCUT2D eigenvalue weighted by Gasteiger charge is -2.39. The van der Waals surface area contributed by atoms with E-state index in [0.29, 0.717) is 24.0 Å². The fraction of sp³-hybridized carbons (Fsp3) is 0.650. The van der Waals surface area contributed by atoms with Gasteiger partial charge in [-0.2, -0.15) is 0 Å². The summed E-state index contributed by atoms with van der Waals surface area (Å²) in [6, 6.07) is 7.71. The maximum absolute atomic E-state index is 15.3. The Morgan fingerprint density at radius 1 is 0.613 bits per heavy atom. The number of benzene rings is 2. The number of hydrogen-bond donors (Lipinski definition) is 5. The summed E-state index contributed by atoms with van der Waals surface area (Å²) < 4.78 is 6.04. The molecule has 20 heteroatoms. The number of rotatable bonds is 14. The minimum atomic E-state index is -2.02. The lowest BCUT2D eigenvalue weighted by molar-refractivity contribution is -0.177. The van der Waals surface area contributed by atoms with Crippen molar-refractivity contribution in [3.05, 3.63) is 71.8 Å². The first kappa shape index (κ1) is 66.1. The van der Waals surface area contributed by atoms with Gasteiger partial charge in [0.25, 0.3) is 5.91 Å². The Labute approximate surface area is 474 Å². The molecule has 2 saturated heterocycles. The van der Waals surface area contributed by atoms with E-state index in [0.717, 1.165) is 9.80 Å². The van der Waals surface area contributed by atoms with E-state index < -0.39 is 144 Å². The molecule has 80 heavy (non-hydrogen) atoms. The molecule has 0 saturated carbocycles. The molecule has 0 aliphatic carbocycles. The summed E-state index contributed by atoms with van der Waals surface area (Å²) in [6.45, 7) is 18.1. The van der Waals surface area contributed by atoms with E-state index in [1.165, 1.54) is 56.7 Å². The smallest absolute Gasteiger partial charge is 0.332 e. The van der Waals surface area contributed by atoms with Gasteiger partial charge in [-0.15, -0.1) is 0 Å². The molecule has 2 aromatic carbocycles. The Hall–Kier alpha value is -6.41. The molecule has 0 radical (unpaired) electrons. The minimum Gasteiger partial charge on any atom is -0.450 e. The van der Waals surface area contributed by atoms with Crippen LogP contribution in [0.1, 0.15) is 119 Å². The number of hydrogen-bond acceptors (Lipinski definition) is 12. The molecule has 0 aromatic heterocycles. The number of nitrogens with one attached hydrogen (secondary N) is 3. The summed E-state index contributed by atoms with van der Waals surface area (Å²) in [5.74, 6) is -9.34. The van der Waals surface area contributed by atoms with Gasteiger partial charge in [0.2, 0.25) is 41.4 Å². The van der Waals surface area contributed by atoms with Crippen molar-refractivity contribution in [1.82, 2.24) is 40.4 Å².